The molecule has 152 valence electrons. The lowest BCUT2D eigenvalue weighted by Crippen LogP contribution is -2.42. The van der Waals surface area contributed by atoms with Gasteiger partial charge in [-0.2, -0.15) is 11.8 Å². The summed E-state index contributed by atoms with van der Waals surface area (Å²) in [7, 11) is 0. The number of rotatable bonds is 16. The molecule has 2 N–H and O–H groups in total. The van der Waals surface area contributed by atoms with Crippen molar-refractivity contribution in [1.82, 2.24) is 5.32 Å². The van der Waals surface area contributed by atoms with Gasteiger partial charge >= 0.3 is 5.97 Å². The minimum Gasteiger partial charge on any atom is -0.480 e. The zero-order valence-electron chi connectivity index (χ0n) is 16.6. The third-order valence-electron chi connectivity index (χ3n) is 4.57. The van der Waals surface area contributed by atoms with E-state index >= 15 is 0 Å². The summed E-state index contributed by atoms with van der Waals surface area (Å²) >= 11 is 1.61. The lowest BCUT2D eigenvalue weighted by atomic mass is 10.1. The van der Waals surface area contributed by atoms with Crippen LogP contribution >= 0.6 is 11.8 Å². The van der Waals surface area contributed by atoms with Gasteiger partial charge in [0.2, 0.25) is 0 Å². The van der Waals surface area contributed by atoms with Gasteiger partial charge in [0.15, 0.2) is 0 Å². The molecule has 0 aromatic heterocycles. The number of carbonyl (C=O) groups is 2. The standard InChI is InChI=1S/C22H35NO3S/c1-2-3-4-5-6-7-8-9-10-14-17-27-18-20(22(25)26)23-21(24)19-15-12-11-13-16-19/h11-13,15-16,20H,2-10,14,17-18H2,1H3,(H,23,24)(H,25,26)/t20-/m0/s1. The molecule has 0 unspecified atom stereocenters. The maximum atomic E-state index is 12.1. The van der Waals surface area contributed by atoms with E-state index in [0.29, 0.717) is 11.3 Å². The van der Waals surface area contributed by atoms with Gasteiger partial charge in [0.1, 0.15) is 6.04 Å². The number of benzene rings is 1. The van der Waals surface area contributed by atoms with Crippen molar-refractivity contribution in [2.24, 2.45) is 0 Å². The summed E-state index contributed by atoms with van der Waals surface area (Å²) < 4.78 is 0. The highest BCUT2D eigenvalue weighted by Gasteiger charge is 2.20. The summed E-state index contributed by atoms with van der Waals surface area (Å²) in [6.45, 7) is 2.24. The van der Waals surface area contributed by atoms with E-state index in [1.54, 1.807) is 36.0 Å². The Bertz CT molecular complexity index is 522. The van der Waals surface area contributed by atoms with Gasteiger partial charge in [-0.1, -0.05) is 82.9 Å². The van der Waals surface area contributed by atoms with E-state index < -0.39 is 12.0 Å². The minimum absolute atomic E-state index is 0.331. The molecule has 0 aliphatic heterocycles. The maximum absolute atomic E-state index is 12.1. The molecule has 0 saturated heterocycles. The van der Waals surface area contributed by atoms with Crippen molar-refractivity contribution in [2.75, 3.05) is 11.5 Å². The summed E-state index contributed by atoms with van der Waals surface area (Å²) in [6, 6.07) is 7.89. The molecule has 27 heavy (non-hydrogen) atoms. The average molecular weight is 394 g/mol. The first-order chi connectivity index (χ1) is 13.1. The molecule has 1 rings (SSSR count). The molecule has 0 saturated carbocycles. The van der Waals surface area contributed by atoms with Gasteiger partial charge in [-0.3, -0.25) is 4.79 Å². The number of aliphatic carboxylic acids is 1. The van der Waals surface area contributed by atoms with Gasteiger partial charge in [-0.15, -0.1) is 0 Å². The lowest BCUT2D eigenvalue weighted by Gasteiger charge is -2.14. The van der Waals surface area contributed by atoms with Crippen LogP contribution in [0.25, 0.3) is 0 Å². The number of carboxylic acid groups (broad SMARTS) is 1. The second-order valence-corrected chi connectivity index (χ2v) is 8.14. The van der Waals surface area contributed by atoms with Crippen molar-refractivity contribution in [3.63, 3.8) is 0 Å². The van der Waals surface area contributed by atoms with E-state index in [-0.39, 0.29) is 5.91 Å². The minimum atomic E-state index is -0.977. The smallest absolute Gasteiger partial charge is 0.327 e. The Morgan fingerprint density at radius 3 is 2.04 bits per heavy atom. The van der Waals surface area contributed by atoms with Crippen LogP contribution in [0.5, 0.6) is 0 Å². The van der Waals surface area contributed by atoms with Gasteiger partial charge in [0.05, 0.1) is 0 Å². The molecule has 0 heterocycles. The second-order valence-electron chi connectivity index (χ2n) is 6.99. The summed E-state index contributed by atoms with van der Waals surface area (Å²) in [5.74, 6) is 0.0460. The van der Waals surface area contributed by atoms with Crippen LogP contribution in [0.4, 0.5) is 0 Å². The van der Waals surface area contributed by atoms with Crippen molar-refractivity contribution < 1.29 is 14.7 Å². The summed E-state index contributed by atoms with van der Waals surface area (Å²) in [4.78, 5) is 23.5. The Labute approximate surface area is 168 Å². The SMILES string of the molecule is CCCCCCCCCCCCSC[C@H](NC(=O)c1ccccc1)C(=O)O. The molecule has 4 nitrogen and oxygen atoms in total. The lowest BCUT2D eigenvalue weighted by molar-refractivity contribution is -0.138. The monoisotopic (exact) mass is 393 g/mol. The Kier molecular flexibility index (Phi) is 13.6. The van der Waals surface area contributed by atoms with E-state index in [2.05, 4.69) is 12.2 Å². The molecule has 1 aromatic rings. The first kappa shape index (κ1) is 23.5. The summed E-state index contributed by atoms with van der Waals surface area (Å²) in [6.07, 6.45) is 13.0. The van der Waals surface area contributed by atoms with Gasteiger partial charge in [-0.05, 0) is 24.3 Å². The number of amides is 1. The average Bonchev–Trinajstić information content (AvgIpc) is 2.68. The van der Waals surface area contributed by atoms with Crippen LogP contribution in [-0.2, 0) is 4.79 Å². The fraction of sp³-hybridized carbons (Fsp3) is 0.636. The first-order valence-electron chi connectivity index (χ1n) is 10.3. The second kappa shape index (κ2) is 15.6. The van der Waals surface area contributed by atoms with Gasteiger partial charge in [-0.25, -0.2) is 4.79 Å². The van der Waals surface area contributed by atoms with E-state index in [4.69, 9.17) is 0 Å². The molecule has 1 amide bonds. The van der Waals surface area contributed by atoms with E-state index in [0.717, 1.165) is 12.2 Å². The largest absolute Gasteiger partial charge is 0.480 e. The molecular weight excluding hydrogens is 358 g/mol. The number of carbonyl (C=O) groups excluding carboxylic acids is 1. The fourth-order valence-electron chi connectivity index (χ4n) is 2.90. The highest BCUT2D eigenvalue weighted by molar-refractivity contribution is 7.99. The molecule has 0 aliphatic carbocycles. The number of hydrogen-bond donors (Lipinski definition) is 2. The van der Waals surface area contributed by atoms with Crippen LogP contribution in [0.1, 0.15) is 81.5 Å². The Hall–Kier alpha value is -1.49. The zero-order chi connectivity index (χ0) is 19.7. The predicted octanol–water partition coefficient (Wildman–Crippen LogP) is 5.52. The number of hydrogen-bond acceptors (Lipinski definition) is 3. The van der Waals surface area contributed by atoms with Gasteiger partial charge < -0.3 is 10.4 Å². The third kappa shape index (κ3) is 11.8. The molecule has 0 spiro atoms. The first-order valence-corrected chi connectivity index (χ1v) is 11.5. The zero-order valence-corrected chi connectivity index (χ0v) is 17.4. The number of carboxylic acids is 1. The molecular formula is C22H35NO3S. The summed E-state index contributed by atoms with van der Waals surface area (Å²) in [5.41, 5.74) is 0.489. The molecule has 1 atom stereocenters. The Morgan fingerprint density at radius 1 is 0.926 bits per heavy atom. The maximum Gasteiger partial charge on any atom is 0.327 e. The van der Waals surface area contributed by atoms with Crippen LogP contribution in [0, 0.1) is 0 Å². The van der Waals surface area contributed by atoms with Crippen LogP contribution < -0.4 is 5.32 Å². The quantitative estimate of drug-likeness (QED) is 0.363. The van der Waals surface area contributed by atoms with Gasteiger partial charge in [0.25, 0.3) is 5.91 Å². The number of nitrogens with one attached hydrogen (secondary N) is 1. The highest BCUT2D eigenvalue weighted by atomic mass is 32.2. The number of thioether (sulfide) groups is 1. The van der Waals surface area contributed by atoms with Crippen molar-refractivity contribution >= 4 is 23.6 Å². The Balaban J connectivity index is 2.07. The van der Waals surface area contributed by atoms with Crippen LogP contribution in [0.3, 0.4) is 0 Å². The summed E-state index contributed by atoms with van der Waals surface area (Å²) in [5, 5.41) is 11.9. The van der Waals surface area contributed by atoms with E-state index in [1.165, 1.54) is 57.8 Å². The molecule has 1 aromatic carbocycles. The molecule has 0 radical (unpaired) electrons. The molecule has 0 fully saturated rings. The Morgan fingerprint density at radius 2 is 1.48 bits per heavy atom. The van der Waals surface area contributed by atoms with E-state index in [9.17, 15) is 14.7 Å². The van der Waals surface area contributed by atoms with Crippen molar-refractivity contribution in [2.45, 2.75) is 77.2 Å². The van der Waals surface area contributed by atoms with Gasteiger partial charge in [0, 0.05) is 11.3 Å². The number of unbranched alkanes of at least 4 members (excludes halogenated alkanes) is 9. The highest BCUT2D eigenvalue weighted by Crippen LogP contribution is 2.13. The van der Waals surface area contributed by atoms with Crippen LogP contribution in [-0.4, -0.2) is 34.5 Å². The fourth-order valence-corrected chi connectivity index (χ4v) is 3.94. The van der Waals surface area contributed by atoms with Crippen molar-refractivity contribution in [1.29, 1.82) is 0 Å². The van der Waals surface area contributed by atoms with Crippen LogP contribution in [0.2, 0.25) is 0 Å². The predicted molar refractivity (Wildman–Crippen MR) is 115 cm³/mol. The van der Waals surface area contributed by atoms with E-state index in [1.807, 2.05) is 6.07 Å². The molecule has 5 heteroatoms. The molecule has 0 bridgehead atoms. The van der Waals surface area contributed by atoms with Crippen LogP contribution in [0.15, 0.2) is 30.3 Å². The van der Waals surface area contributed by atoms with Crippen molar-refractivity contribution in [3.05, 3.63) is 35.9 Å². The molecule has 0 aliphatic rings. The van der Waals surface area contributed by atoms with Crippen molar-refractivity contribution in [3.8, 4) is 0 Å². The third-order valence-corrected chi connectivity index (χ3v) is 5.71. The topological polar surface area (TPSA) is 66.4 Å². The normalized spacial score (nSPS) is 11.9.